The van der Waals surface area contributed by atoms with Gasteiger partial charge in [0.1, 0.15) is 11.2 Å². The quantitative estimate of drug-likeness (QED) is 0.503. The third-order valence-electron chi connectivity index (χ3n) is 5.78. The SMILES string of the molecule is C[C@]1(O)CC[C@H](Nc2nc(OC(F)F)c3c(-c4ccc5nccn5c4)ccn3n2)CC1. The lowest BCUT2D eigenvalue weighted by molar-refractivity contribution is -0.0519. The lowest BCUT2D eigenvalue weighted by Crippen LogP contribution is -2.36. The van der Waals surface area contributed by atoms with Gasteiger partial charge in [-0.2, -0.15) is 13.8 Å². The topological polar surface area (TPSA) is 89.0 Å². The van der Waals surface area contributed by atoms with Crippen LogP contribution in [0, 0.1) is 0 Å². The van der Waals surface area contributed by atoms with Gasteiger partial charge in [-0.05, 0) is 50.8 Å². The maximum absolute atomic E-state index is 13.2. The van der Waals surface area contributed by atoms with Gasteiger partial charge in [-0.25, -0.2) is 9.50 Å². The summed E-state index contributed by atoms with van der Waals surface area (Å²) in [6, 6.07) is 5.56. The fourth-order valence-electron chi connectivity index (χ4n) is 4.10. The Labute approximate surface area is 176 Å². The number of aromatic nitrogens is 5. The Morgan fingerprint density at radius 3 is 2.81 bits per heavy atom. The molecule has 162 valence electrons. The van der Waals surface area contributed by atoms with Crippen molar-refractivity contribution in [2.75, 3.05) is 5.32 Å². The molecule has 0 unspecified atom stereocenters. The first kappa shape index (κ1) is 19.7. The molecule has 10 heteroatoms. The van der Waals surface area contributed by atoms with Crippen LogP contribution in [0.25, 0.3) is 22.3 Å². The van der Waals surface area contributed by atoms with E-state index in [1.165, 1.54) is 4.52 Å². The van der Waals surface area contributed by atoms with E-state index in [9.17, 15) is 13.9 Å². The largest absolute Gasteiger partial charge is 0.414 e. The normalized spacial score (nSPS) is 21.8. The average Bonchev–Trinajstić information content (AvgIpc) is 3.35. The number of fused-ring (bicyclic) bond motifs is 2. The van der Waals surface area contributed by atoms with Crippen molar-refractivity contribution in [3.05, 3.63) is 43.0 Å². The van der Waals surface area contributed by atoms with Gasteiger partial charge in [0, 0.05) is 42.0 Å². The second kappa shape index (κ2) is 7.45. The molecule has 1 fully saturated rings. The number of halogens is 2. The number of nitrogens with one attached hydrogen (secondary N) is 1. The number of aliphatic hydroxyl groups is 1. The zero-order valence-corrected chi connectivity index (χ0v) is 16.9. The molecule has 1 saturated carbocycles. The van der Waals surface area contributed by atoms with E-state index in [0.717, 1.165) is 24.1 Å². The van der Waals surface area contributed by atoms with Gasteiger partial charge in [0.05, 0.1) is 5.60 Å². The average molecular weight is 428 g/mol. The van der Waals surface area contributed by atoms with Gasteiger partial charge >= 0.3 is 6.61 Å². The van der Waals surface area contributed by atoms with E-state index in [0.29, 0.717) is 23.9 Å². The van der Waals surface area contributed by atoms with Gasteiger partial charge in [0.15, 0.2) is 0 Å². The number of nitrogens with zero attached hydrogens (tertiary/aromatic N) is 5. The summed E-state index contributed by atoms with van der Waals surface area (Å²) < 4.78 is 34.5. The first-order chi connectivity index (χ1) is 14.9. The Kier molecular flexibility index (Phi) is 4.73. The van der Waals surface area contributed by atoms with Crippen molar-refractivity contribution in [1.29, 1.82) is 0 Å². The number of hydrogen-bond acceptors (Lipinski definition) is 6. The number of ether oxygens (including phenoxy) is 1. The molecule has 0 aromatic carbocycles. The van der Waals surface area contributed by atoms with Crippen molar-refractivity contribution >= 4 is 17.1 Å². The van der Waals surface area contributed by atoms with Crippen molar-refractivity contribution in [2.45, 2.75) is 50.9 Å². The molecule has 0 amide bonds. The molecule has 5 rings (SSSR count). The van der Waals surface area contributed by atoms with Gasteiger partial charge in [-0.3, -0.25) is 0 Å². The summed E-state index contributed by atoms with van der Waals surface area (Å²) in [6.07, 6.45) is 9.84. The fraction of sp³-hybridized carbons (Fsp3) is 0.381. The van der Waals surface area contributed by atoms with E-state index in [1.807, 2.05) is 35.9 Å². The number of rotatable bonds is 5. The first-order valence-electron chi connectivity index (χ1n) is 10.1. The standard InChI is InChI=1S/C21H22F2N6O2/c1-21(30)7-4-14(5-8-21)25-20-26-18(31-19(22)23)17-15(6-10-29(17)27-20)13-2-3-16-24-9-11-28(16)12-13/h2-3,6,9-12,14,19,30H,4-5,7-8H2,1H3,(H,25,27)/t14-,21-. The molecule has 2 N–H and O–H groups in total. The minimum absolute atomic E-state index is 0.0516. The molecule has 0 atom stereocenters. The van der Waals surface area contributed by atoms with E-state index >= 15 is 0 Å². The van der Waals surface area contributed by atoms with Crippen molar-refractivity contribution < 1.29 is 18.6 Å². The number of alkyl halides is 2. The fourth-order valence-corrected chi connectivity index (χ4v) is 4.10. The predicted octanol–water partition coefficient (Wildman–Crippen LogP) is 3.75. The zero-order chi connectivity index (χ0) is 21.6. The van der Waals surface area contributed by atoms with Crippen molar-refractivity contribution in [3.63, 3.8) is 0 Å². The summed E-state index contributed by atoms with van der Waals surface area (Å²) in [6.45, 7) is -1.20. The Morgan fingerprint density at radius 1 is 1.23 bits per heavy atom. The van der Waals surface area contributed by atoms with E-state index in [4.69, 9.17) is 4.74 Å². The van der Waals surface area contributed by atoms with Crippen LogP contribution >= 0.6 is 0 Å². The minimum atomic E-state index is -3.02. The second-order valence-electron chi connectivity index (χ2n) is 8.17. The molecule has 8 nitrogen and oxygen atoms in total. The Morgan fingerprint density at radius 2 is 2.03 bits per heavy atom. The van der Waals surface area contributed by atoms with Gasteiger partial charge in [0.2, 0.25) is 11.8 Å². The molecule has 4 heterocycles. The van der Waals surface area contributed by atoms with Crippen LogP contribution in [0.5, 0.6) is 5.88 Å². The molecule has 1 aliphatic carbocycles. The highest BCUT2D eigenvalue weighted by Crippen LogP contribution is 2.33. The van der Waals surface area contributed by atoms with Gasteiger partial charge in [-0.1, -0.05) is 0 Å². The molecular weight excluding hydrogens is 406 g/mol. The van der Waals surface area contributed by atoms with Crippen LogP contribution in [0.15, 0.2) is 43.0 Å². The van der Waals surface area contributed by atoms with Crippen LogP contribution in [-0.2, 0) is 0 Å². The van der Waals surface area contributed by atoms with Gasteiger partial charge < -0.3 is 19.6 Å². The Bertz CT molecular complexity index is 1230. The molecular formula is C21H22F2N6O2. The van der Waals surface area contributed by atoms with Crippen LogP contribution in [0.1, 0.15) is 32.6 Å². The smallest absolute Gasteiger partial charge is 0.388 e. The number of pyridine rings is 1. The lowest BCUT2D eigenvalue weighted by Gasteiger charge is -2.33. The highest BCUT2D eigenvalue weighted by Gasteiger charge is 2.29. The molecule has 4 aromatic rings. The number of anilines is 1. The summed E-state index contributed by atoms with van der Waals surface area (Å²) >= 11 is 0. The summed E-state index contributed by atoms with van der Waals surface area (Å²) in [5.74, 6) is 0.0166. The molecule has 0 aliphatic heterocycles. The molecule has 0 saturated heterocycles. The third-order valence-corrected chi connectivity index (χ3v) is 5.78. The van der Waals surface area contributed by atoms with Crippen LogP contribution in [0.2, 0.25) is 0 Å². The van der Waals surface area contributed by atoms with Crippen LogP contribution < -0.4 is 10.1 Å². The van der Waals surface area contributed by atoms with Crippen LogP contribution in [0.4, 0.5) is 14.7 Å². The summed E-state index contributed by atoms with van der Waals surface area (Å²) in [5, 5.41) is 17.8. The van der Waals surface area contributed by atoms with Crippen molar-refractivity contribution in [2.24, 2.45) is 0 Å². The lowest BCUT2D eigenvalue weighted by atomic mass is 9.84. The van der Waals surface area contributed by atoms with Crippen molar-refractivity contribution in [1.82, 2.24) is 24.0 Å². The maximum atomic E-state index is 13.2. The molecule has 0 bridgehead atoms. The maximum Gasteiger partial charge on any atom is 0.388 e. The van der Waals surface area contributed by atoms with Crippen LogP contribution in [0.3, 0.4) is 0 Å². The van der Waals surface area contributed by atoms with Crippen molar-refractivity contribution in [3.8, 4) is 17.0 Å². The van der Waals surface area contributed by atoms with Crippen LogP contribution in [-0.4, -0.2) is 47.3 Å². The molecule has 0 radical (unpaired) electrons. The minimum Gasteiger partial charge on any atom is -0.414 e. The Hall–Kier alpha value is -3.27. The Balaban J connectivity index is 1.52. The second-order valence-corrected chi connectivity index (χ2v) is 8.17. The first-order valence-corrected chi connectivity index (χ1v) is 10.1. The van der Waals surface area contributed by atoms with Gasteiger partial charge in [-0.15, -0.1) is 5.10 Å². The van der Waals surface area contributed by atoms with E-state index in [-0.39, 0.29) is 17.9 Å². The molecule has 4 aromatic heterocycles. The van der Waals surface area contributed by atoms with E-state index in [1.54, 1.807) is 18.5 Å². The van der Waals surface area contributed by atoms with E-state index < -0.39 is 12.2 Å². The third kappa shape index (κ3) is 3.90. The molecule has 1 aliphatic rings. The number of hydrogen-bond donors (Lipinski definition) is 2. The van der Waals surface area contributed by atoms with E-state index in [2.05, 4.69) is 20.4 Å². The monoisotopic (exact) mass is 428 g/mol. The van der Waals surface area contributed by atoms with Gasteiger partial charge in [0.25, 0.3) is 0 Å². The predicted molar refractivity (Wildman–Crippen MR) is 110 cm³/mol. The molecule has 31 heavy (non-hydrogen) atoms. The highest BCUT2D eigenvalue weighted by atomic mass is 19.3. The zero-order valence-electron chi connectivity index (χ0n) is 16.9. The number of imidazole rings is 1. The molecule has 0 spiro atoms. The summed E-state index contributed by atoms with van der Waals surface area (Å²) in [7, 11) is 0. The summed E-state index contributed by atoms with van der Waals surface area (Å²) in [5.41, 5.74) is 1.94. The highest BCUT2D eigenvalue weighted by molar-refractivity contribution is 5.84. The summed E-state index contributed by atoms with van der Waals surface area (Å²) in [4.78, 5) is 8.48.